The van der Waals surface area contributed by atoms with Crippen LogP contribution in [0, 0.1) is 11.3 Å². The van der Waals surface area contributed by atoms with E-state index in [2.05, 4.69) is 58.7 Å². The molecule has 3 atom stereocenters. The van der Waals surface area contributed by atoms with E-state index in [9.17, 15) is 10.1 Å². The summed E-state index contributed by atoms with van der Waals surface area (Å²) in [4.78, 5) is 31.3. The van der Waals surface area contributed by atoms with Crippen LogP contribution < -0.4 is 14.5 Å². The van der Waals surface area contributed by atoms with Gasteiger partial charge in [-0.25, -0.2) is 0 Å². The number of halogens is 1. The highest BCUT2D eigenvalue weighted by atomic mass is 35.5. The average Bonchev–Trinajstić information content (AvgIpc) is 3.82. The first kappa shape index (κ1) is 29.8. The number of hydrogen-bond acceptors (Lipinski definition) is 9. The summed E-state index contributed by atoms with van der Waals surface area (Å²) in [6.45, 7) is 7.70. The molecule has 7 rings (SSSR count). The molecule has 10 nitrogen and oxygen atoms in total. The van der Waals surface area contributed by atoms with E-state index < -0.39 is 0 Å². The highest BCUT2D eigenvalue weighted by molar-refractivity contribution is 6.36. The molecule has 3 aromatic rings. The molecule has 45 heavy (non-hydrogen) atoms. The first-order valence-corrected chi connectivity index (χ1v) is 16.2. The van der Waals surface area contributed by atoms with Gasteiger partial charge in [0, 0.05) is 48.9 Å². The number of piperazine rings is 1. The molecular weight excluding hydrogens is 590 g/mol. The minimum atomic E-state index is -0.262. The topological polar surface area (TPSA) is 98.1 Å². The fraction of sp³-hybridized carbons (Fsp3) is 0.471. The number of carbonyl (C=O) groups is 1. The molecule has 3 fully saturated rings. The lowest BCUT2D eigenvalue weighted by molar-refractivity contribution is -0.128. The molecule has 234 valence electrons. The Hall–Kier alpha value is -3.91. The Morgan fingerprint density at radius 1 is 1.18 bits per heavy atom. The van der Waals surface area contributed by atoms with E-state index in [1.54, 1.807) is 4.90 Å². The van der Waals surface area contributed by atoms with E-state index in [4.69, 9.17) is 31.0 Å². The normalized spacial score (nSPS) is 23.2. The van der Waals surface area contributed by atoms with Gasteiger partial charge in [-0.1, -0.05) is 42.4 Å². The third kappa shape index (κ3) is 5.81. The van der Waals surface area contributed by atoms with Crippen molar-refractivity contribution in [1.29, 1.82) is 5.26 Å². The summed E-state index contributed by atoms with van der Waals surface area (Å²) in [5, 5.41) is 12.4. The zero-order chi connectivity index (χ0) is 31.1. The van der Waals surface area contributed by atoms with Crippen molar-refractivity contribution < 1.29 is 14.3 Å². The monoisotopic (exact) mass is 627 g/mol. The van der Waals surface area contributed by atoms with Gasteiger partial charge in [-0.3, -0.25) is 9.69 Å². The second-order valence-corrected chi connectivity index (χ2v) is 12.8. The minimum absolute atomic E-state index is 0.142. The molecule has 1 saturated carbocycles. The van der Waals surface area contributed by atoms with E-state index in [1.807, 2.05) is 12.1 Å². The zero-order valence-corrected chi connectivity index (χ0v) is 26.3. The molecule has 0 radical (unpaired) electrons. The van der Waals surface area contributed by atoms with Crippen molar-refractivity contribution in [3.8, 4) is 12.1 Å². The predicted octanol–water partition coefficient (Wildman–Crippen LogP) is 4.20. The van der Waals surface area contributed by atoms with Gasteiger partial charge in [0.05, 0.1) is 55.0 Å². The average molecular weight is 628 g/mol. The number of likely N-dealkylation sites (N-methyl/N-ethyl adjacent to an activating group) is 1. The maximum atomic E-state index is 12.6. The molecular formula is C34H38ClN7O3. The largest absolute Gasteiger partial charge is 0.456 e. The Kier molecular flexibility index (Phi) is 8.25. The maximum absolute atomic E-state index is 12.6. The number of hydrogen-bond donors (Lipinski definition) is 0. The van der Waals surface area contributed by atoms with Crippen molar-refractivity contribution >= 4 is 39.8 Å². The Morgan fingerprint density at radius 2 is 2.00 bits per heavy atom. The number of nitriles is 1. The highest BCUT2D eigenvalue weighted by Crippen LogP contribution is 2.38. The summed E-state index contributed by atoms with van der Waals surface area (Å²) in [5.74, 6) is 0.672. The molecule has 1 aromatic heterocycles. The molecule has 2 aromatic carbocycles. The zero-order valence-electron chi connectivity index (χ0n) is 25.6. The lowest BCUT2D eigenvalue weighted by Gasteiger charge is -2.42. The maximum Gasteiger partial charge on any atom is 0.319 e. The quantitative estimate of drug-likeness (QED) is 0.340. The lowest BCUT2D eigenvalue weighted by Crippen LogP contribution is -2.55. The van der Waals surface area contributed by atoms with Crippen LogP contribution in [0.15, 0.2) is 49.1 Å². The fourth-order valence-corrected chi connectivity index (χ4v) is 7.37. The number of carbonyl (C=O) groups excluding carboxylic acids is 1. The van der Waals surface area contributed by atoms with Crippen LogP contribution in [0.4, 0.5) is 11.5 Å². The number of nitrogens with zero attached hydrogens (tertiary/aromatic N) is 7. The first-order chi connectivity index (χ1) is 21.9. The highest BCUT2D eigenvalue weighted by Gasteiger charge is 2.41. The van der Waals surface area contributed by atoms with E-state index in [-0.39, 0.29) is 30.5 Å². The van der Waals surface area contributed by atoms with Gasteiger partial charge in [-0.05, 0) is 49.9 Å². The third-order valence-electron chi connectivity index (χ3n) is 9.66. The van der Waals surface area contributed by atoms with Crippen LogP contribution in [0.5, 0.6) is 6.01 Å². The van der Waals surface area contributed by atoms with E-state index in [0.717, 1.165) is 51.5 Å². The van der Waals surface area contributed by atoms with Gasteiger partial charge in [0.1, 0.15) is 11.9 Å². The number of aromatic nitrogens is 2. The van der Waals surface area contributed by atoms with E-state index >= 15 is 0 Å². The summed E-state index contributed by atoms with van der Waals surface area (Å²) in [7, 11) is 2.15. The molecule has 4 aliphatic rings. The van der Waals surface area contributed by atoms with Crippen molar-refractivity contribution in [2.75, 3.05) is 56.2 Å². The van der Waals surface area contributed by atoms with Gasteiger partial charge < -0.3 is 24.2 Å². The number of ether oxygens (including phenoxy) is 2. The fourth-order valence-electron chi connectivity index (χ4n) is 7.09. The van der Waals surface area contributed by atoms with Crippen molar-refractivity contribution in [3.05, 3.63) is 65.3 Å². The minimum Gasteiger partial charge on any atom is -0.456 e. The summed E-state index contributed by atoms with van der Waals surface area (Å²) >= 11 is 6.73. The molecule has 0 spiro atoms. The SMILES string of the molecule is C=CC(=O)N1CCN(c2nc(O[C@@H]3COC[C@H]3N(C)C3CC3)nc3c2CCN(c2cccc4cccc(Cl)c24)C3)CC1CC#N. The lowest BCUT2D eigenvalue weighted by atomic mass is 10.0. The van der Waals surface area contributed by atoms with Gasteiger partial charge in [-0.15, -0.1) is 0 Å². The van der Waals surface area contributed by atoms with Crippen LogP contribution in [0.25, 0.3) is 10.8 Å². The molecule has 1 unspecified atom stereocenters. The summed E-state index contributed by atoms with van der Waals surface area (Å²) < 4.78 is 12.5. The molecule has 4 heterocycles. The standard InChI is InChI=1S/C34H38ClN7O3/c1-3-31(43)42-17-16-41(18-24(42)12-14-36)33-25-13-15-40(28-9-5-7-22-6-4-8-26(35)32(22)28)19-27(25)37-34(38-33)45-30-21-44-20-29(30)39(2)23-10-11-23/h3-9,23-24,29-30H,1,10-13,15-21H2,2H3/t24?,29-,30-/m1/s1. The third-order valence-corrected chi connectivity index (χ3v) is 9.98. The van der Waals surface area contributed by atoms with Crippen molar-refractivity contribution in [2.45, 2.75) is 56.5 Å². The second kappa shape index (κ2) is 12.5. The van der Waals surface area contributed by atoms with Gasteiger partial charge in [0.2, 0.25) is 5.91 Å². The number of fused-ring (bicyclic) bond motifs is 2. The summed E-state index contributed by atoms with van der Waals surface area (Å²) in [5.41, 5.74) is 3.07. The van der Waals surface area contributed by atoms with Crippen LogP contribution >= 0.6 is 11.6 Å². The molecule has 0 N–H and O–H groups in total. The van der Waals surface area contributed by atoms with Crippen LogP contribution in [-0.4, -0.2) is 96.3 Å². The van der Waals surface area contributed by atoms with E-state index in [0.29, 0.717) is 51.4 Å². The van der Waals surface area contributed by atoms with Crippen LogP contribution in [-0.2, 0) is 22.5 Å². The molecule has 1 aliphatic carbocycles. The van der Waals surface area contributed by atoms with Gasteiger partial charge >= 0.3 is 6.01 Å². The Balaban J connectivity index is 1.24. The molecule has 3 aliphatic heterocycles. The molecule has 11 heteroatoms. The second-order valence-electron chi connectivity index (χ2n) is 12.4. The Labute approximate surface area is 268 Å². The first-order valence-electron chi connectivity index (χ1n) is 15.8. The number of benzene rings is 2. The van der Waals surface area contributed by atoms with Crippen LogP contribution in [0.1, 0.15) is 30.5 Å². The summed E-state index contributed by atoms with van der Waals surface area (Å²) in [6, 6.07) is 15.3. The molecule has 2 saturated heterocycles. The Morgan fingerprint density at radius 3 is 2.78 bits per heavy atom. The predicted molar refractivity (Wildman–Crippen MR) is 174 cm³/mol. The van der Waals surface area contributed by atoms with E-state index in [1.165, 1.54) is 18.9 Å². The smallest absolute Gasteiger partial charge is 0.319 e. The van der Waals surface area contributed by atoms with Gasteiger partial charge in [-0.2, -0.15) is 15.2 Å². The van der Waals surface area contributed by atoms with Crippen LogP contribution in [0.3, 0.4) is 0 Å². The molecule has 0 bridgehead atoms. The summed E-state index contributed by atoms with van der Waals surface area (Å²) in [6.07, 6.45) is 4.53. The van der Waals surface area contributed by atoms with Gasteiger partial charge in [0.25, 0.3) is 0 Å². The number of anilines is 2. The Bertz CT molecular complexity index is 1650. The van der Waals surface area contributed by atoms with Gasteiger partial charge in [0.15, 0.2) is 0 Å². The van der Waals surface area contributed by atoms with Crippen molar-refractivity contribution in [1.82, 2.24) is 19.8 Å². The van der Waals surface area contributed by atoms with Crippen LogP contribution in [0.2, 0.25) is 5.02 Å². The number of rotatable bonds is 8. The van der Waals surface area contributed by atoms with Crippen molar-refractivity contribution in [2.24, 2.45) is 0 Å². The van der Waals surface area contributed by atoms with Crippen molar-refractivity contribution in [3.63, 3.8) is 0 Å². The molecule has 1 amide bonds. The number of amides is 1.